The second kappa shape index (κ2) is 17.2. The molecule has 0 aromatic rings. The fourth-order valence-corrected chi connectivity index (χ4v) is 1.92. The van der Waals surface area contributed by atoms with Gasteiger partial charge < -0.3 is 38.6 Å². The van der Waals surface area contributed by atoms with E-state index in [0.29, 0.717) is 0 Å². The number of carbonyl (C=O) groups is 8. The Labute approximate surface area is 203 Å². The van der Waals surface area contributed by atoms with Crippen LogP contribution in [0.25, 0.3) is 0 Å². The van der Waals surface area contributed by atoms with Gasteiger partial charge >= 0.3 is 47.8 Å². The molecule has 16 nitrogen and oxygen atoms in total. The summed E-state index contributed by atoms with van der Waals surface area (Å²) in [7, 11) is 0. The van der Waals surface area contributed by atoms with Gasteiger partial charge in [0, 0.05) is 0 Å². The number of carbonyl (C=O) groups excluding carboxylic acids is 6. The summed E-state index contributed by atoms with van der Waals surface area (Å²) in [4.78, 5) is 89.7. The van der Waals surface area contributed by atoms with Crippen LogP contribution in [0, 0.1) is 0 Å². The van der Waals surface area contributed by atoms with Crippen LogP contribution in [-0.2, 0) is 66.8 Å². The molecule has 2 N–H and O–H groups in total. The molecule has 0 bridgehead atoms. The lowest BCUT2D eigenvalue weighted by atomic mass is 10.3. The van der Waals surface area contributed by atoms with Crippen LogP contribution in [0.5, 0.6) is 0 Å². The number of hydrogen-bond donors (Lipinski definition) is 2. The maximum atomic E-state index is 11.8. The smallest absolute Gasteiger partial charge is 0.347 e. The predicted molar refractivity (Wildman–Crippen MR) is 109 cm³/mol. The SMILES string of the molecule is CC(OC(=O)COC(=O)CCC(=O)O)C(=O)OCCOC(=O)C(C)OC(=O)COC(=O)CCC(=O)O. The van der Waals surface area contributed by atoms with Crippen molar-refractivity contribution >= 4 is 47.8 Å². The second-order valence-electron chi connectivity index (χ2n) is 6.71. The van der Waals surface area contributed by atoms with Crippen molar-refractivity contribution in [1.29, 1.82) is 0 Å². The third-order valence-electron chi connectivity index (χ3n) is 3.64. The molecule has 0 aromatic carbocycles. The van der Waals surface area contributed by atoms with Crippen LogP contribution in [0.15, 0.2) is 0 Å². The first-order chi connectivity index (χ1) is 16.8. The molecule has 0 heterocycles. The summed E-state index contributed by atoms with van der Waals surface area (Å²) in [6, 6.07) is 0. The van der Waals surface area contributed by atoms with Crippen molar-refractivity contribution in [3.63, 3.8) is 0 Å². The van der Waals surface area contributed by atoms with E-state index in [2.05, 4.69) is 18.9 Å². The molecule has 0 amide bonds. The van der Waals surface area contributed by atoms with Crippen LogP contribution in [-0.4, -0.2) is 96.6 Å². The average Bonchev–Trinajstić information content (AvgIpc) is 2.80. The standard InChI is InChI=1S/C20H26O16/c1-11(35-17(27)9-33-15(25)5-3-13(21)22)19(29)31-7-8-32-20(30)12(2)36-18(28)10-34-16(26)6-4-14(23)24/h11-12H,3-10H2,1-2H3,(H,21,22)(H,23,24). The minimum Gasteiger partial charge on any atom is -0.481 e. The molecule has 2 unspecified atom stereocenters. The maximum Gasteiger partial charge on any atom is 0.347 e. The van der Waals surface area contributed by atoms with Gasteiger partial charge in [0.05, 0.1) is 25.7 Å². The van der Waals surface area contributed by atoms with E-state index >= 15 is 0 Å². The van der Waals surface area contributed by atoms with Crippen LogP contribution in [0.4, 0.5) is 0 Å². The third kappa shape index (κ3) is 16.4. The zero-order valence-corrected chi connectivity index (χ0v) is 19.4. The highest BCUT2D eigenvalue weighted by Crippen LogP contribution is 2.01. The Morgan fingerprint density at radius 2 is 0.861 bits per heavy atom. The first kappa shape index (κ1) is 31.8. The first-order valence-electron chi connectivity index (χ1n) is 10.3. The van der Waals surface area contributed by atoms with E-state index in [1.54, 1.807) is 0 Å². The molecule has 0 aliphatic heterocycles. The molecule has 0 rings (SSSR count). The summed E-state index contributed by atoms with van der Waals surface area (Å²) in [6.45, 7) is -0.252. The number of carboxylic acid groups (broad SMARTS) is 2. The van der Waals surface area contributed by atoms with Crippen molar-refractivity contribution in [2.75, 3.05) is 26.4 Å². The van der Waals surface area contributed by atoms with Gasteiger partial charge in [-0.1, -0.05) is 0 Å². The molecule has 2 atom stereocenters. The summed E-state index contributed by atoms with van der Waals surface area (Å²) in [6.07, 6.45) is -4.65. The van der Waals surface area contributed by atoms with E-state index in [1.165, 1.54) is 0 Å². The van der Waals surface area contributed by atoms with Gasteiger partial charge in [0.15, 0.2) is 25.4 Å². The van der Waals surface area contributed by atoms with Crippen molar-refractivity contribution in [3.8, 4) is 0 Å². The van der Waals surface area contributed by atoms with E-state index in [-0.39, 0.29) is 0 Å². The van der Waals surface area contributed by atoms with Gasteiger partial charge in [0.25, 0.3) is 0 Å². The van der Waals surface area contributed by atoms with E-state index < -0.39 is 112 Å². The first-order valence-corrected chi connectivity index (χ1v) is 10.3. The van der Waals surface area contributed by atoms with Crippen molar-refractivity contribution in [2.24, 2.45) is 0 Å². The van der Waals surface area contributed by atoms with E-state index in [4.69, 9.17) is 19.7 Å². The zero-order valence-electron chi connectivity index (χ0n) is 19.4. The highest BCUT2D eigenvalue weighted by Gasteiger charge is 2.22. The van der Waals surface area contributed by atoms with Crippen molar-refractivity contribution in [3.05, 3.63) is 0 Å². The molecule has 0 fully saturated rings. The van der Waals surface area contributed by atoms with Crippen LogP contribution < -0.4 is 0 Å². The van der Waals surface area contributed by atoms with E-state index in [9.17, 15) is 38.4 Å². The minimum atomic E-state index is -1.40. The van der Waals surface area contributed by atoms with Crippen LogP contribution in [0.1, 0.15) is 39.5 Å². The van der Waals surface area contributed by atoms with Gasteiger partial charge in [0.1, 0.15) is 13.2 Å². The van der Waals surface area contributed by atoms with Crippen LogP contribution in [0.3, 0.4) is 0 Å². The third-order valence-corrected chi connectivity index (χ3v) is 3.64. The number of ether oxygens (including phenoxy) is 6. The van der Waals surface area contributed by atoms with Crippen molar-refractivity contribution in [1.82, 2.24) is 0 Å². The summed E-state index contributed by atoms with van der Waals surface area (Å²) in [5.74, 6) is -8.52. The Hall–Kier alpha value is -4.24. The summed E-state index contributed by atoms with van der Waals surface area (Å²) >= 11 is 0. The van der Waals surface area contributed by atoms with Gasteiger partial charge in [-0.25, -0.2) is 19.2 Å². The largest absolute Gasteiger partial charge is 0.481 e. The fourth-order valence-electron chi connectivity index (χ4n) is 1.92. The lowest BCUT2D eigenvalue weighted by Crippen LogP contribution is -2.31. The average molecular weight is 522 g/mol. The monoisotopic (exact) mass is 522 g/mol. The normalized spacial score (nSPS) is 11.7. The molecular formula is C20H26O16. The lowest BCUT2D eigenvalue weighted by molar-refractivity contribution is -0.175. The quantitative estimate of drug-likeness (QED) is 0.129. The molecule has 16 heteroatoms. The molecule has 0 spiro atoms. The Morgan fingerprint density at radius 1 is 0.528 bits per heavy atom. The Bertz CT molecular complexity index is 764. The zero-order chi connectivity index (χ0) is 27.7. The van der Waals surface area contributed by atoms with Gasteiger partial charge in [-0.2, -0.15) is 0 Å². The highest BCUT2D eigenvalue weighted by molar-refractivity contribution is 5.83. The molecule has 0 saturated carbocycles. The summed E-state index contributed by atoms with van der Waals surface area (Å²) in [5, 5.41) is 16.9. The molecule has 36 heavy (non-hydrogen) atoms. The number of esters is 6. The van der Waals surface area contributed by atoms with Crippen LogP contribution >= 0.6 is 0 Å². The van der Waals surface area contributed by atoms with Gasteiger partial charge in [-0.05, 0) is 13.8 Å². The van der Waals surface area contributed by atoms with Crippen molar-refractivity contribution in [2.45, 2.75) is 51.7 Å². The minimum absolute atomic E-state index is 0.446. The number of aliphatic carboxylic acids is 2. The maximum absolute atomic E-state index is 11.8. The predicted octanol–water partition coefficient (Wildman–Crippen LogP) is -1.25. The molecular weight excluding hydrogens is 496 g/mol. The Kier molecular flexibility index (Phi) is 15.2. The second-order valence-corrected chi connectivity index (χ2v) is 6.71. The highest BCUT2D eigenvalue weighted by atomic mass is 16.6. The molecule has 0 aliphatic rings. The Balaban J connectivity index is 4.09. The van der Waals surface area contributed by atoms with Crippen LogP contribution in [0.2, 0.25) is 0 Å². The molecule has 0 saturated heterocycles. The molecule has 0 aliphatic carbocycles. The number of carboxylic acids is 2. The van der Waals surface area contributed by atoms with Crippen molar-refractivity contribution < 1.29 is 77.0 Å². The molecule has 0 aromatic heterocycles. The fraction of sp³-hybridized carbons (Fsp3) is 0.600. The van der Waals surface area contributed by atoms with Gasteiger partial charge in [0.2, 0.25) is 0 Å². The van der Waals surface area contributed by atoms with Gasteiger partial charge in [-0.3, -0.25) is 19.2 Å². The number of rotatable bonds is 17. The van der Waals surface area contributed by atoms with Gasteiger partial charge in [-0.15, -0.1) is 0 Å². The topological polar surface area (TPSA) is 232 Å². The molecule has 202 valence electrons. The van der Waals surface area contributed by atoms with E-state index in [1.807, 2.05) is 0 Å². The summed E-state index contributed by atoms with van der Waals surface area (Å²) in [5.41, 5.74) is 0. The Morgan fingerprint density at radius 3 is 1.17 bits per heavy atom. The lowest BCUT2D eigenvalue weighted by Gasteiger charge is -2.14. The summed E-state index contributed by atoms with van der Waals surface area (Å²) < 4.78 is 27.8. The number of hydrogen-bond acceptors (Lipinski definition) is 14. The van der Waals surface area contributed by atoms with E-state index in [0.717, 1.165) is 13.8 Å². The molecule has 0 radical (unpaired) electrons.